The Morgan fingerprint density at radius 3 is 2.86 bits per heavy atom. The zero-order chi connectivity index (χ0) is 15.6. The van der Waals surface area contributed by atoms with Crippen molar-refractivity contribution in [1.82, 2.24) is 25.2 Å². The standard InChI is InChI=1S/C14H15N5O2S/c1-15-13(21)14(11-7-16-4-5-17-11)3-2-6-19(14)12(20)10-8-22-9-18-10/h4-5,7-9H,2-3,6H2,1H3,(H,15,21)/t14-/m0/s1. The molecule has 1 aliphatic heterocycles. The lowest BCUT2D eigenvalue weighted by Crippen LogP contribution is -2.55. The fourth-order valence-corrected chi connectivity index (χ4v) is 3.41. The predicted molar refractivity (Wildman–Crippen MR) is 80.2 cm³/mol. The van der Waals surface area contributed by atoms with E-state index in [1.54, 1.807) is 35.2 Å². The number of hydrogen-bond donors (Lipinski definition) is 1. The van der Waals surface area contributed by atoms with E-state index in [0.29, 0.717) is 24.4 Å². The number of thiazole rings is 1. The minimum atomic E-state index is -1.12. The lowest BCUT2D eigenvalue weighted by atomic mass is 9.90. The summed E-state index contributed by atoms with van der Waals surface area (Å²) in [5, 5.41) is 4.34. The first-order chi connectivity index (χ1) is 10.7. The van der Waals surface area contributed by atoms with Gasteiger partial charge in [-0.15, -0.1) is 11.3 Å². The molecule has 0 aliphatic carbocycles. The molecule has 2 amide bonds. The molecule has 0 spiro atoms. The third-order valence-electron chi connectivity index (χ3n) is 3.87. The molecular weight excluding hydrogens is 302 g/mol. The fraction of sp³-hybridized carbons (Fsp3) is 0.357. The number of nitrogens with zero attached hydrogens (tertiary/aromatic N) is 4. The summed E-state index contributed by atoms with van der Waals surface area (Å²) in [4.78, 5) is 39.3. The Hall–Kier alpha value is -2.35. The molecule has 0 aromatic carbocycles. The number of likely N-dealkylation sites (tertiary alicyclic amines) is 1. The lowest BCUT2D eigenvalue weighted by molar-refractivity contribution is -0.131. The van der Waals surface area contributed by atoms with Crippen molar-refractivity contribution in [2.24, 2.45) is 0 Å². The molecule has 2 aromatic heterocycles. The maximum atomic E-state index is 12.8. The van der Waals surface area contributed by atoms with Crippen molar-refractivity contribution in [2.45, 2.75) is 18.4 Å². The number of likely N-dealkylation sites (N-methyl/N-ethyl adjacent to an activating group) is 1. The van der Waals surface area contributed by atoms with Gasteiger partial charge in [-0.25, -0.2) is 4.98 Å². The van der Waals surface area contributed by atoms with E-state index in [9.17, 15) is 9.59 Å². The van der Waals surface area contributed by atoms with Crippen LogP contribution < -0.4 is 5.32 Å². The van der Waals surface area contributed by atoms with Gasteiger partial charge < -0.3 is 10.2 Å². The number of nitrogens with one attached hydrogen (secondary N) is 1. The number of amides is 2. The van der Waals surface area contributed by atoms with Crippen molar-refractivity contribution < 1.29 is 9.59 Å². The van der Waals surface area contributed by atoms with Gasteiger partial charge in [-0.2, -0.15) is 0 Å². The Labute approximate surface area is 131 Å². The van der Waals surface area contributed by atoms with E-state index >= 15 is 0 Å². The number of hydrogen-bond acceptors (Lipinski definition) is 6. The van der Waals surface area contributed by atoms with Crippen LogP contribution >= 0.6 is 11.3 Å². The summed E-state index contributed by atoms with van der Waals surface area (Å²) in [5.41, 5.74) is 1.32. The molecule has 1 saturated heterocycles. The van der Waals surface area contributed by atoms with Crippen LogP contribution in [-0.4, -0.2) is 45.3 Å². The second kappa shape index (κ2) is 5.80. The fourth-order valence-electron chi connectivity index (χ4n) is 2.89. The highest BCUT2D eigenvalue weighted by molar-refractivity contribution is 7.07. The molecule has 3 rings (SSSR count). The number of rotatable bonds is 3. The van der Waals surface area contributed by atoms with Crippen LogP contribution in [0.25, 0.3) is 0 Å². The Morgan fingerprint density at radius 2 is 2.23 bits per heavy atom. The summed E-state index contributed by atoms with van der Waals surface area (Å²) < 4.78 is 0. The molecule has 1 fully saturated rings. The van der Waals surface area contributed by atoms with Crippen LogP contribution in [-0.2, 0) is 10.3 Å². The summed E-state index contributed by atoms with van der Waals surface area (Å²) in [5.74, 6) is -0.512. The summed E-state index contributed by atoms with van der Waals surface area (Å²) in [7, 11) is 1.56. The quantitative estimate of drug-likeness (QED) is 0.905. The Bertz CT molecular complexity index is 676. The topological polar surface area (TPSA) is 88.1 Å². The maximum Gasteiger partial charge on any atom is 0.274 e. The number of carbonyl (C=O) groups is 2. The Morgan fingerprint density at radius 1 is 1.36 bits per heavy atom. The third-order valence-corrected chi connectivity index (χ3v) is 4.45. The van der Waals surface area contributed by atoms with Crippen LogP contribution in [0.5, 0.6) is 0 Å². The molecule has 1 N–H and O–H groups in total. The van der Waals surface area contributed by atoms with Crippen molar-refractivity contribution in [3.63, 3.8) is 0 Å². The first kappa shape index (κ1) is 14.6. The van der Waals surface area contributed by atoms with Gasteiger partial charge in [-0.3, -0.25) is 19.6 Å². The average molecular weight is 317 g/mol. The van der Waals surface area contributed by atoms with Gasteiger partial charge in [0.1, 0.15) is 5.69 Å². The molecule has 1 atom stereocenters. The molecule has 2 aromatic rings. The predicted octanol–water partition coefficient (Wildman–Crippen LogP) is 0.811. The molecule has 0 bridgehead atoms. The third kappa shape index (κ3) is 2.16. The van der Waals surface area contributed by atoms with Crippen LogP contribution in [0.4, 0.5) is 0 Å². The molecule has 114 valence electrons. The molecule has 0 saturated carbocycles. The summed E-state index contributed by atoms with van der Waals surface area (Å²) in [6, 6.07) is 0. The normalized spacial score (nSPS) is 20.9. The van der Waals surface area contributed by atoms with Crippen LogP contribution in [0, 0.1) is 0 Å². The van der Waals surface area contributed by atoms with E-state index in [0.717, 1.165) is 6.42 Å². The van der Waals surface area contributed by atoms with E-state index in [-0.39, 0.29) is 11.8 Å². The summed E-state index contributed by atoms with van der Waals surface area (Å²) in [6.45, 7) is 0.486. The monoisotopic (exact) mass is 317 g/mol. The first-order valence-corrected chi connectivity index (χ1v) is 7.83. The second-order valence-corrected chi connectivity index (χ2v) is 5.68. The van der Waals surface area contributed by atoms with Gasteiger partial charge in [0, 0.05) is 31.4 Å². The van der Waals surface area contributed by atoms with E-state index < -0.39 is 5.54 Å². The summed E-state index contributed by atoms with van der Waals surface area (Å²) >= 11 is 1.35. The highest BCUT2D eigenvalue weighted by atomic mass is 32.1. The van der Waals surface area contributed by atoms with Gasteiger partial charge in [-0.1, -0.05) is 0 Å². The smallest absolute Gasteiger partial charge is 0.274 e. The van der Waals surface area contributed by atoms with Crippen molar-refractivity contribution in [2.75, 3.05) is 13.6 Å². The highest BCUT2D eigenvalue weighted by Gasteiger charge is 2.52. The molecule has 22 heavy (non-hydrogen) atoms. The zero-order valence-electron chi connectivity index (χ0n) is 12.0. The minimum Gasteiger partial charge on any atom is -0.357 e. The Kier molecular flexibility index (Phi) is 3.84. The van der Waals surface area contributed by atoms with E-state index in [4.69, 9.17) is 0 Å². The zero-order valence-corrected chi connectivity index (χ0v) is 12.8. The minimum absolute atomic E-state index is 0.255. The highest BCUT2D eigenvalue weighted by Crippen LogP contribution is 2.38. The SMILES string of the molecule is CNC(=O)[C@@]1(c2cnccn2)CCCN1C(=O)c1cscn1. The average Bonchev–Trinajstić information content (AvgIpc) is 3.24. The largest absolute Gasteiger partial charge is 0.357 e. The van der Waals surface area contributed by atoms with Crippen molar-refractivity contribution >= 4 is 23.2 Å². The van der Waals surface area contributed by atoms with Gasteiger partial charge in [0.2, 0.25) is 0 Å². The molecular formula is C14H15N5O2S. The molecule has 3 heterocycles. The lowest BCUT2D eigenvalue weighted by Gasteiger charge is -2.35. The maximum absolute atomic E-state index is 12.8. The van der Waals surface area contributed by atoms with E-state index in [1.807, 2.05) is 0 Å². The van der Waals surface area contributed by atoms with Crippen molar-refractivity contribution in [1.29, 1.82) is 0 Å². The van der Waals surface area contributed by atoms with Crippen LogP contribution in [0.1, 0.15) is 29.0 Å². The van der Waals surface area contributed by atoms with E-state index in [1.165, 1.54) is 17.5 Å². The molecule has 0 radical (unpaired) electrons. The second-order valence-electron chi connectivity index (χ2n) is 4.96. The van der Waals surface area contributed by atoms with Gasteiger partial charge in [0.25, 0.3) is 11.8 Å². The van der Waals surface area contributed by atoms with E-state index in [2.05, 4.69) is 20.3 Å². The van der Waals surface area contributed by atoms with Gasteiger partial charge in [0.15, 0.2) is 5.54 Å². The van der Waals surface area contributed by atoms with Crippen molar-refractivity contribution in [3.8, 4) is 0 Å². The van der Waals surface area contributed by atoms with Gasteiger partial charge in [0.05, 0.1) is 17.4 Å². The molecule has 0 unspecified atom stereocenters. The molecule has 8 heteroatoms. The van der Waals surface area contributed by atoms with Gasteiger partial charge >= 0.3 is 0 Å². The molecule has 7 nitrogen and oxygen atoms in total. The van der Waals surface area contributed by atoms with Gasteiger partial charge in [-0.05, 0) is 12.8 Å². The number of aromatic nitrogens is 3. The first-order valence-electron chi connectivity index (χ1n) is 6.89. The van der Waals surface area contributed by atoms with Crippen LogP contribution in [0.2, 0.25) is 0 Å². The molecule has 1 aliphatic rings. The van der Waals surface area contributed by atoms with Crippen LogP contribution in [0.3, 0.4) is 0 Å². The van der Waals surface area contributed by atoms with Crippen LogP contribution in [0.15, 0.2) is 29.5 Å². The number of carbonyl (C=O) groups excluding carboxylic acids is 2. The summed E-state index contributed by atoms with van der Waals surface area (Å²) in [6.07, 6.45) is 5.86. The van der Waals surface area contributed by atoms with Crippen molar-refractivity contribution in [3.05, 3.63) is 40.9 Å². The Balaban J connectivity index is 2.08.